The Balaban J connectivity index is 1.80. The van der Waals surface area contributed by atoms with Crippen LogP contribution in [-0.2, 0) is 25.5 Å². The molecule has 0 saturated carbocycles. The van der Waals surface area contributed by atoms with E-state index in [1.54, 1.807) is 30.3 Å². The first-order valence-electron chi connectivity index (χ1n) is 18.3. The molecule has 3 amide bonds. The number of aromatic nitrogens is 1. The monoisotopic (exact) mass is 725 g/mol. The zero-order valence-corrected chi connectivity index (χ0v) is 32.3. The van der Waals surface area contributed by atoms with Crippen LogP contribution in [0.1, 0.15) is 100 Å². The molecule has 7 atom stereocenters. The van der Waals surface area contributed by atoms with Gasteiger partial charge in [-0.2, -0.15) is 0 Å². The zero-order chi connectivity index (χ0) is 37.7. The van der Waals surface area contributed by atoms with Crippen molar-refractivity contribution >= 4 is 35.0 Å². The molecule has 0 bridgehead atoms. The average molecular weight is 726 g/mol. The predicted octanol–water partition coefficient (Wildman–Crippen LogP) is 5.73. The quantitative estimate of drug-likeness (QED) is 0.147. The maximum Gasteiger partial charge on any atom is 0.306 e. The molecular formula is C39H59N5O6S. The number of nitrogens with one attached hydrogen (secondary N) is 2. The van der Waals surface area contributed by atoms with Crippen molar-refractivity contribution < 1.29 is 29.0 Å². The van der Waals surface area contributed by atoms with Crippen LogP contribution < -0.4 is 10.6 Å². The van der Waals surface area contributed by atoms with E-state index in [2.05, 4.69) is 36.0 Å². The molecule has 3 rings (SSSR count). The second-order valence-electron chi connectivity index (χ2n) is 14.4. The topological polar surface area (TPSA) is 141 Å². The third-order valence-electron chi connectivity index (χ3n) is 10.1. The summed E-state index contributed by atoms with van der Waals surface area (Å²) in [6.45, 7) is 14.7. The maximum absolute atomic E-state index is 14.2. The van der Waals surface area contributed by atoms with Gasteiger partial charge in [-0.15, -0.1) is 17.9 Å². The molecular weight excluding hydrogens is 667 g/mol. The first-order chi connectivity index (χ1) is 24.3. The number of piperidine rings is 1. The highest BCUT2D eigenvalue weighted by atomic mass is 32.1. The second kappa shape index (κ2) is 20.4. The SMILES string of the molecule is C=CCO[C@H](C[C@H](C(C)C)N(C)C(=O)[C@@H](NC(=O)[C@H]1CCCCN1C)[C@@H](C)CC)c1nc(C(=O)NC(Cc2ccccc2)CC(C)C(=O)O)cs1. The van der Waals surface area contributed by atoms with Gasteiger partial charge in [-0.25, -0.2) is 4.98 Å². The molecule has 2 unspecified atom stereocenters. The van der Waals surface area contributed by atoms with E-state index in [1.807, 2.05) is 51.2 Å². The van der Waals surface area contributed by atoms with Crippen LogP contribution >= 0.6 is 11.3 Å². The standard InChI is InChI=1S/C39H59N5O6S/c1-9-20-50-33(37-41-30(24-51-37)35(45)40-29(21-27(6)39(48)49)22-28-16-12-11-13-17-28)23-32(25(3)4)44(8)38(47)34(26(5)10-2)42-36(46)31-18-14-15-19-43(31)7/h9,11-13,16-17,24-27,29,31-34H,1,10,14-15,18-23H2,2-8H3,(H,40,45)(H,42,46)(H,48,49)/t26-,27?,29?,31+,32+,33+,34-/m0/s1. The number of hydrogen-bond donors (Lipinski definition) is 3. The van der Waals surface area contributed by atoms with E-state index < -0.39 is 30.1 Å². The number of likely N-dealkylation sites (tertiary alicyclic amines) is 1. The average Bonchev–Trinajstić information content (AvgIpc) is 3.60. The van der Waals surface area contributed by atoms with Crippen molar-refractivity contribution in [3.05, 3.63) is 64.6 Å². The van der Waals surface area contributed by atoms with Crippen LogP contribution in [0.5, 0.6) is 0 Å². The molecule has 1 saturated heterocycles. The lowest BCUT2D eigenvalue weighted by Crippen LogP contribution is -2.58. The lowest BCUT2D eigenvalue weighted by atomic mass is 9.92. The van der Waals surface area contributed by atoms with E-state index >= 15 is 0 Å². The molecule has 1 aromatic heterocycles. The summed E-state index contributed by atoms with van der Waals surface area (Å²) in [5.41, 5.74) is 1.22. The highest BCUT2D eigenvalue weighted by molar-refractivity contribution is 7.09. The summed E-state index contributed by atoms with van der Waals surface area (Å²) in [7, 11) is 3.75. The summed E-state index contributed by atoms with van der Waals surface area (Å²) in [4.78, 5) is 61.3. The number of likely N-dealkylation sites (N-methyl/N-ethyl adjacent to an activating group) is 2. The fourth-order valence-electron chi connectivity index (χ4n) is 6.66. The molecule has 1 aromatic carbocycles. The number of carbonyl (C=O) groups is 4. The Hall–Kier alpha value is -3.61. The van der Waals surface area contributed by atoms with Crippen LogP contribution in [0.4, 0.5) is 0 Å². The Morgan fingerprint density at radius 2 is 1.82 bits per heavy atom. The van der Waals surface area contributed by atoms with E-state index in [0.29, 0.717) is 17.8 Å². The highest BCUT2D eigenvalue weighted by Gasteiger charge is 2.37. The number of carboxylic acid groups (broad SMARTS) is 1. The van der Waals surface area contributed by atoms with Gasteiger partial charge in [0.2, 0.25) is 11.8 Å². The number of nitrogens with zero attached hydrogens (tertiary/aromatic N) is 3. The van der Waals surface area contributed by atoms with Crippen molar-refractivity contribution in [3.63, 3.8) is 0 Å². The van der Waals surface area contributed by atoms with E-state index in [1.165, 1.54) is 11.3 Å². The summed E-state index contributed by atoms with van der Waals surface area (Å²) in [6.07, 6.45) is 5.86. The van der Waals surface area contributed by atoms with Crippen LogP contribution in [0.15, 0.2) is 48.4 Å². The zero-order valence-electron chi connectivity index (χ0n) is 31.5. The fraction of sp³-hybridized carbons (Fsp3) is 0.615. The number of amides is 3. The van der Waals surface area contributed by atoms with Crippen LogP contribution in [-0.4, -0.2) is 95.0 Å². The normalized spacial score (nSPS) is 18.5. The first-order valence-corrected chi connectivity index (χ1v) is 19.2. The minimum absolute atomic E-state index is 0.0456. The summed E-state index contributed by atoms with van der Waals surface area (Å²) in [5.74, 6) is -2.21. The van der Waals surface area contributed by atoms with Crippen LogP contribution in [0.3, 0.4) is 0 Å². The summed E-state index contributed by atoms with van der Waals surface area (Å²) in [5, 5.41) is 18.0. The van der Waals surface area contributed by atoms with Gasteiger partial charge >= 0.3 is 5.97 Å². The molecule has 12 heteroatoms. The van der Waals surface area contributed by atoms with Crippen molar-refractivity contribution in [1.29, 1.82) is 0 Å². The van der Waals surface area contributed by atoms with Crippen molar-refractivity contribution in [2.75, 3.05) is 27.2 Å². The molecule has 0 spiro atoms. The van der Waals surface area contributed by atoms with Crippen LogP contribution in [0, 0.1) is 17.8 Å². The van der Waals surface area contributed by atoms with Gasteiger partial charge in [0, 0.05) is 30.9 Å². The molecule has 1 fully saturated rings. The highest BCUT2D eigenvalue weighted by Crippen LogP contribution is 2.31. The predicted molar refractivity (Wildman–Crippen MR) is 201 cm³/mol. The Labute approximate surface area is 308 Å². The first kappa shape index (κ1) is 41.8. The van der Waals surface area contributed by atoms with Gasteiger partial charge in [0.1, 0.15) is 22.8 Å². The molecule has 3 N–H and O–H groups in total. The maximum atomic E-state index is 14.2. The molecule has 1 aliphatic rings. The number of ether oxygens (including phenoxy) is 1. The molecule has 1 aliphatic heterocycles. The van der Waals surface area contributed by atoms with Gasteiger partial charge in [-0.1, -0.05) is 83.9 Å². The van der Waals surface area contributed by atoms with Gasteiger partial charge < -0.3 is 25.4 Å². The number of aliphatic carboxylic acids is 1. The largest absolute Gasteiger partial charge is 0.481 e. The molecule has 0 radical (unpaired) electrons. The molecule has 2 heterocycles. The minimum Gasteiger partial charge on any atom is -0.481 e. The lowest BCUT2D eigenvalue weighted by Gasteiger charge is -2.38. The van der Waals surface area contributed by atoms with Crippen molar-refractivity contribution in [2.45, 2.75) is 110 Å². The van der Waals surface area contributed by atoms with E-state index in [-0.39, 0.29) is 60.4 Å². The fourth-order valence-corrected chi connectivity index (χ4v) is 7.52. The van der Waals surface area contributed by atoms with Crippen molar-refractivity contribution in [2.24, 2.45) is 17.8 Å². The van der Waals surface area contributed by atoms with Crippen molar-refractivity contribution in [3.8, 4) is 0 Å². The van der Waals surface area contributed by atoms with Gasteiger partial charge in [0.25, 0.3) is 5.91 Å². The van der Waals surface area contributed by atoms with Crippen LogP contribution in [0.2, 0.25) is 0 Å². The van der Waals surface area contributed by atoms with E-state index in [0.717, 1.165) is 37.8 Å². The Kier molecular flexibility index (Phi) is 16.8. The van der Waals surface area contributed by atoms with Crippen molar-refractivity contribution in [1.82, 2.24) is 25.4 Å². The number of carboxylic acids is 1. The molecule has 11 nitrogen and oxygen atoms in total. The number of thiazole rings is 1. The summed E-state index contributed by atoms with van der Waals surface area (Å²) in [6, 6.07) is 8.06. The smallest absolute Gasteiger partial charge is 0.306 e. The molecule has 51 heavy (non-hydrogen) atoms. The summed E-state index contributed by atoms with van der Waals surface area (Å²) >= 11 is 1.31. The second-order valence-corrected chi connectivity index (χ2v) is 15.3. The van der Waals surface area contributed by atoms with Gasteiger partial charge in [0.05, 0.1) is 18.6 Å². The lowest BCUT2D eigenvalue weighted by molar-refractivity contribution is -0.141. The minimum atomic E-state index is -0.918. The number of benzene rings is 1. The molecule has 0 aliphatic carbocycles. The van der Waals surface area contributed by atoms with Gasteiger partial charge in [-0.05, 0) is 56.7 Å². The van der Waals surface area contributed by atoms with Gasteiger partial charge in [0.15, 0.2) is 0 Å². The Morgan fingerprint density at radius 3 is 2.43 bits per heavy atom. The molecule has 2 aromatic rings. The third kappa shape index (κ3) is 12.2. The number of hydrogen-bond acceptors (Lipinski definition) is 8. The summed E-state index contributed by atoms with van der Waals surface area (Å²) < 4.78 is 6.22. The number of carbonyl (C=O) groups excluding carboxylic acids is 3. The van der Waals surface area contributed by atoms with Gasteiger partial charge in [-0.3, -0.25) is 24.1 Å². The Bertz CT molecular complexity index is 1430. The third-order valence-corrected chi connectivity index (χ3v) is 11.0. The number of rotatable bonds is 20. The van der Waals surface area contributed by atoms with E-state index in [9.17, 15) is 24.3 Å². The molecule has 282 valence electrons. The van der Waals surface area contributed by atoms with E-state index in [4.69, 9.17) is 9.72 Å². The Morgan fingerprint density at radius 1 is 1.12 bits per heavy atom. The van der Waals surface area contributed by atoms with Crippen LogP contribution in [0.25, 0.3) is 0 Å².